The van der Waals surface area contributed by atoms with Gasteiger partial charge in [0, 0.05) is 14.9 Å². The van der Waals surface area contributed by atoms with Gasteiger partial charge < -0.3 is 10.1 Å². The minimum absolute atomic E-state index is 0.119. The van der Waals surface area contributed by atoms with Crippen LogP contribution in [0, 0.1) is 0 Å². The number of epoxide rings is 1. The SMILES string of the molecule is Clc1ccc(-c2cc(NC3CO3)c(-c3ccc(Cl)cc3)s2)cc1. The molecular formula is C18H13Cl2NOS. The number of halogens is 2. The van der Waals surface area contributed by atoms with Crippen LogP contribution >= 0.6 is 34.5 Å². The Kier molecular flexibility index (Phi) is 4.04. The fourth-order valence-electron chi connectivity index (χ4n) is 2.38. The Balaban J connectivity index is 1.76. The Bertz CT molecular complexity index is 823. The molecule has 23 heavy (non-hydrogen) atoms. The maximum absolute atomic E-state index is 6.00. The number of hydrogen-bond acceptors (Lipinski definition) is 3. The van der Waals surface area contributed by atoms with E-state index in [9.17, 15) is 0 Å². The summed E-state index contributed by atoms with van der Waals surface area (Å²) in [5.41, 5.74) is 3.38. The van der Waals surface area contributed by atoms with Crippen LogP contribution in [0.5, 0.6) is 0 Å². The normalized spacial score (nSPS) is 16.3. The average Bonchev–Trinajstić information content (AvgIpc) is 3.27. The first kappa shape index (κ1) is 15.0. The number of rotatable bonds is 4. The van der Waals surface area contributed by atoms with E-state index in [1.165, 1.54) is 9.75 Å². The predicted molar refractivity (Wildman–Crippen MR) is 98.6 cm³/mol. The van der Waals surface area contributed by atoms with Gasteiger partial charge in [0.15, 0.2) is 6.23 Å². The van der Waals surface area contributed by atoms with Crippen LogP contribution < -0.4 is 5.32 Å². The van der Waals surface area contributed by atoms with Crippen molar-refractivity contribution >= 4 is 40.2 Å². The van der Waals surface area contributed by atoms with Gasteiger partial charge in [-0.05, 0) is 41.5 Å². The first-order chi connectivity index (χ1) is 11.2. The molecule has 2 aromatic carbocycles. The molecule has 2 nitrogen and oxygen atoms in total. The third kappa shape index (κ3) is 3.38. The first-order valence-electron chi connectivity index (χ1n) is 7.23. The van der Waals surface area contributed by atoms with Crippen LogP contribution in [0.25, 0.3) is 20.9 Å². The molecular weight excluding hydrogens is 349 g/mol. The van der Waals surface area contributed by atoms with E-state index in [2.05, 4.69) is 11.4 Å². The number of nitrogens with one attached hydrogen (secondary N) is 1. The van der Waals surface area contributed by atoms with Crippen LogP contribution in [0.1, 0.15) is 0 Å². The fourth-order valence-corrected chi connectivity index (χ4v) is 3.76. The second-order valence-electron chi connectivity index (χ2n) is 5.33. The lowest BCUT2D eigenvalue weighted by Crippen LogP contribution is -2.02. The molecule has 4 rings (SSSR count). The highest BCUT2D eigenvalue weighted by atomic mass is 35.5. The zero-order valence-electron chi connectivity index (χ0n) is 12.1. The molecule has 2 heterocycles. The summed E-state index contributed by atoms with van der Waals surface area (Å²) in [5, 5.41) is 4.91. The molecule has 1 aromatic heterocycles. The van der Waals surface area contributed by atoms with Crippen LogP contribution in [0.3, 0.4) is 0 Å². The van der Waals surface area contributed by atoms with Crippen molar-refractivity contribution in [1.29, 1.82) is 0 Å². The summed E-state index contributed by atoms with van der Waals surface area (Å²) in [6.07, 6.45) is 0.119. The molecule has 0 amide bonds. The lowest BCUT2D eigenvalue weighted by molar-refractivity contribution is 0.428. The molecule has 1 N–H and O–H groups in total. The second-order valence-corrected chi connectivity index (χ2v) is 7.26. The molecule has 1 fully saturated rings. The molecule has 1 atom stereocenters. The topological polar surface area (TPSA) is 24.6 Å². The molecule has 0 bridgehead atoms. The Labute approximate surface area is 148 Å². The van der Waals surface area contributed by atoms with E-state index in [1.54, 1.807) is 11.3 Å². The van der Waals surface area contributed by atoms with Crippen LogP contribution in [0.4, 0.5) is 5.69 Å². The Hall–Kier alpha value is -1.52. The summed E-state index contributed by atoms with van der Waals surface area (Å²) in [7, 11) is 0. The summed E-state index contributed by atoms with van der Waals surface area (Å²) in [5.74, 6) is 0. The van der Waals surface area contributed by atoms with E-state index in [0.29, 0.717) is 0 Å². The Morgan fingerprint density at radius 2 is 1.48 bits per heavy atom. The maximum atomic E-state index is 6.00. The molecule has 1 unspecified atom stereocenters. The number of hydrogen-bond donors (Lipinski definition) is 1. The summed E-state index contributed by atoms with van der Waals surface area (Å²) in [4.78, 5) is 2.37. The van der Waals surface area contributed by atoms with Gasteiger partial charge >= 0.3 is 0 Å². The van der Waals surface area contributed by atoms with Crippen molar-refractivity contribution in [2.45, 2.75) is 6.23 Å². The minimum Gasteiger partial charge on any atom is -0.357 e. The van der Waals surface area contributed by atoms with Crippen LogP contribution in [0.15, 0.2) is 54.6 Å². The van der Waals surface area contributed by atoms with Gasteiger partial charge in [0.05, 0.1) is 17.2 Å². The highest BCUT2D eigenvalue weighted by Gasteiger charge is 2.24. The van der Waals surface area contributed by atoms with Crippen molar-refractivity contribution in [3.05, 3.63) is 64.6 Å². The number of benzene rings is 2. The van der Waals surface area contributed by atoms with Gasteiger partial charge in [-0.15, -0.1) is 11.3 Å². The van der Waals surface area contributed by atoms with E-state index in [1.807, 2.05) is 48.5 Å². The standard InChI is InChI=1S/C18H13Cl2NOS/c19-13-5-1-11(2-6-13)16-9-15(21-17-10-22-17)18(23-16)12-3-7-14(20)8-4-12/h1-9,17,21H,10H2. The first-order valence-corrected chi connectivity index (χ1v) is 8.80. The highest BCUT2D eigenvalue weighted by Crippen LogP contribution is 2.42. The molecule has 0 aliphatic carbocycles. The Morgan fingerprint density at radius 3 is 2.04 bits per heavy atom. The van der Waals surface area contributed by atoms with Crippen molar-refractivity contribution in [2.24, 2.45) is 0 Å². The lowest BCUT2D eigenvalue weighted by atomic mass is 10.1. The van der Waals surface area contributed by atoms with E-state index < -0.39 is 0 Å². The monoisotopic (exact) mass is 361 g/mol. The van der Waals surface area contributed by atoms with Crippen molar-refractivity contribution in [2.75, 3.05) is 11.9 Å². The zero-order chi connectivity index (χ0) is 15.8. The van der Waals surface area contributed by atoms with Gasteiger partial charge in [0.1, 0.15) is 0 Å². The van der Waals surface area contributed by atoms with Crippen molar-refractivity contribution in [3.63, 3.8) is 0 Å². The summed E-state index contributed by atoms with van der Waals surface area (Å²) >= 11 is 13.7. The zero-order valence-corrected chi connectivity index (χ0v) is 14.4. The third-order valence-electron chi connectivity index (χ3n) is 3.62. The van der Waals surface area contributed by atoms with Crippen LogP contribution in [0.2, 0.25) is 10.0 Å². The fraction of sp³-hybridized carbons (Fsp3) is 0.111. The summed E-state index contributed by atoms with van der Waals surface area (Å²) in [6.45, 7) is 0.756. The predicted octanol–water partition coefficient (Wildman–Crippen LogP) is 6.16. The molecule has 0 saturated carbocycles. The molecule has 1 aliphatic rings. The van der Waals surface area contributed by atoms with Crippen molar-refractivity contribution in [1.82, 2.24) is 0 Å². The van der Waals surface area contributed by atoms with Crippen LogP contribution in [-0.2, 0) is 4.74 Å². The third-order valence-corrected chi connectivity index (χ3v) is 5.35. The van der Waals surface area contributed by atoms with E-state index in [-0.39, 0.29) is 6.23 Å². The van der Waals surface area contributed by atoms with Gasteiger partial charge in [-0.3, -0.25) is 0 Å². The lowest BCUT2D eigenvalue weighted by Gasteiger charge is -2.04. The highest BCUT2D eigenvalue weighted by molar-refractivity contribution is 7.19. The van der Waals surface area contributed by atoms with Gasteiger partial charge in [0.2, 0.25) is 0 Å². The summed E-state index contributed by atoms with van der Waals surface area (Å²) in [6, 6.07) is 18.0. The van der Waals surface area contributed by atoms with E-state index in [0.717, 1.165) is 33.5 Å². The number of anilines is 1. The molecule has 116 valence electrons. The van der Waals surface area contributed by atoms with Crippen LogP contribution in [-0.4, -0.2) is 12.8 Å². The molecule has 1 aliphatic heterocycles. The quantitative estimate of drug-likeness (QED) is 0.563. The van der Waals surface area contributed by atoms with Gasteiger partial charge in [-0.2, -0.15) is 0 Å². The molecule has 0 spiro atoms. The largest absolute Gasteiger partial charge is 0.357 e. The molecule has 1 saturated heterocycles. The van der Waals surface area contributed by atoms with E-state index in [4.69, 9.17) is 27.9 Å². The van der Waals surface area contributed by atoms with Gasteiger partial charge in [0.25, 0.3) is 0 Å². The Morgan fingerprint density at radius 1 is 0.913 bits per heavy atom. The number of thiophene rings is 1. The van der Waals surface area contributed by atoms with Gasteiger partial charge in [-0.25, -0.2) is 0 Å². The number of ether oxygens (including phenoxy) is 1. The van der Waals surface area contributed by atoms with Crippen molar-refractivity contribution in [3.8, 4) is 20.9 Å². The summed E-state index contributed by atoms with van der Waals surface area (Å²) < 4.78 is 5.31. The average molecular weight is 362 g/mol. The minimum atomic E-state index is 0.119. The van der Waals surface area contributed by atoms with Crippen molar-refractivity contribution < 1.29 is 4.74 Å². The second kappa shape index (κ2) is 6.17. The smallest absolute Gasteiger partial charge is 0.151 e. The maximum Gasteiger partial charge on any atom is 0.151 e. The molecule has 3 aromatic rings. The molecule has 0 radical (unpaired) electrons. The van der Waals surface area contributed by atoms with Gasteiger partial charge in [-0.1, -0.05) is 47.5 Å². The van der Waals surface area contributed by atoms with E-state index >= 15 is 0 Å². The molecule has 5 heteroatoms.